The fourth-order valence-electron chi connectivity index (χ4n) is 3.12. The van der Waals surface area contributed by atoms with Crippen molar-refractivity contribution in [3.63, 3.8) is 0 Å². The Kier molecular flexibility index (Phi) is 4.04. The SMILES string of the molecule is CC1CCCC(C)N1NC1CCCCC1. The second kappa shape index (κ2) is 5.31. The molecule has 0 amide bonds. The van der Waals surface area contributed by atoms with Crippen LogP contribution in [0.1, 0.15) is 65.2 Å². The third-order valence-electron chi connectivity index (χ3n) is 4.13. The van der Waals surface area contributed by atoms with Gasteiger partial charge in [-0.05, 0) is 39.5 Å². The van der Waals surface area contributed by atoms with Gasteiger partial charge in [0.15, 0.2) is 0 Å². The smallest absolute Gasteiger partial charge is 0.0218 e. The Morgan fingerprint density at radius 3 is 2.00 bits per heavy atom. The second-order valence-electron chi connectivity index (χ2n) is 5.50. The summed E-state index contributed by atoms with van der Waals surface area (Å²) in [6, 6.07) is 2.23. The molecular formula is C13H26N2. The number of hydrogen-bond donors (Lipinski definition) is 1. The molecule has 2 heteroatoms. The van der Waals surface area contributed by atoms with Gasteiger partial charge < -0.3 is 0 Å². The van der Waals surface area contributed by atoms with Crippen LogP contribution in [0.2, 0.25) is 0 Å². The average Bonchev–Trinajstić information content (AvgIpc) is 2.25. The Morgan fingerprint density at radius 1 is 0.800 bits per heavy atom. The summed E-state index contributed by atoms with van der Waals surface area (Å²) >= 11 is 0. The van der Waals surface area contributed by atoms with Gasteiger partial charge in [-0.25, -0.2) is 5.01 Å². The third kappa shape index (κ3) is 2.94. The molecule has 0 aromatic carbocycles. The number of nitrogens with zero attached hydrogens (tertiary/aromatic N) is 1. The molecule has 2 rings (SSSR count). The van der Waals surface area contributed by atoms with Crippen LogP contribution in [0.25, 0.3) is 0 Å². The lowest BCUT2D eigenvalue weighted by Gasteiger charge is -2.42. The molecular weight excluding hydrogens is 184 g/mol. The molecule has 0 aromatic rings. The van der Waals surface area contributed by atoms with Crippen LogP contribution in [0.15, 0.2) is 0 Å². The van der Waals surface area contributed by atoms with Crippen molar-refractivity contribution in [2.45, 2.75) is 83.3 Å². The van der Waals surface area contributed by atoms with Crippen molar-refractivity contribution in [1.82, 2.24) is 10.4 Å². The summed E-state index contributed by atoms with van der Waals surface area (Å²) in [6.45, 7) is 4.73. The van der Waals surface area contributed by atoms with Crippen LogP contribution in [0.4, 0.5) is 0 Å². The molecule has 2 unspecified atom stereocenters. The van der Waals surface area contributed by atoms with E-state index in [9.17, 15) is 0 Å². The lowest BCUT2D eigenvalue weighted by Crippen LogP contribution is -2.55. The molecule has 1 aliphatic heterocycles. The molecule has 2 fully saturated rings. The molecule has 1 N–H and O–H groups in total. The monoisotopic (exact) mass is 210 g/mol. The highest BCUT2D eigenvalue weighted by Gasteiger charge is 2.27. The maximum atomic E-state index is 3.79. The molecule has 1 saturated carbocycles. The minimum absolute atomic E-state index is 0.732. The first-order valence-electron chi connectivity index (χ1n) is 6.82. The van der Waals surface area contributed by atoms with Crippen molar-refractivity contribution in [3.05, 3.63) is 0 Å². The van der Waals surface area contributed by atoms with Gasteiger partial charge in [0.2, 0.25) is 0 Å². The Balaban J connectivity index is 1.84. The maximum Gasteiger partial charge on any atom is 0.0218 e. The van der Waals surface area contributed by atoms with E-state index < -0.39 is 0 Å². The highest BCUT2D eigenvalue weighted by atomic mass is 15.5. The topological polar surface area (TPSA) is 15.3 Å². The Bertz CT molecular complexity index is 177. The summed E-state index contributed by atoms with van der Waals surface area (Å²) < 4.78 is 0. The largest absolute Gasteiger partial charge is 0.252 e. The van der Waals surface area contributed by atoms with Gasteiger partial charge in [0, 0.05) is 18.1 Å². The van der Waals surface area contributed by atoms with Crippen molar-refractivity contribution in [1.29, 1.82) is 0 Å². The zero-order valence-corrected chi connectivity index (χ0v) is 10.3. The minimum Gasteiger partial charge on any atom is -0.252 e. The summed E-state index contributed by atoms with van der Waals surface area (Å²) in [5.41, 5.74) is 3.79. The second-order valence-corrected chi connectivity index (χ2v) is 5.50. The zero-order valence-electron chi connectivity index (χ0n) is 10.3. The van der Waals surface area contributed by atoms with Crippen LogP contribution >= 0.6 is 0 Å². The van der Waals surface area contributed by atoms with Crippen molar-refractivity contribution in [3.8, 4) is 0 Å². The Morgan fingerprint density at radius 2 is 1.40 bits per heavy atom. The van der Waals surface area contributed by atoms with Crippen LogP contribution in [0.5, 0.6) is 0 Å². The summed E-state index contributed by atoms with van der Waals surface area (Å²) in [7, 11) is 0. The average molecular weight is 210 g/mol. The van der Waals surface area contributed by atoms with Gasteiger partial charge in [-0.3, -0.25) is 5.43 Å². The van der Waals surface area contributed by atoms with Crippen molar-refractivity contribution < 1.29 is 0 Å². The van der Waals surface area contributed by atoms with E-state index in [2.05, 4.69) is 24.3 Å². The van der Waals surface area contributed by atoms with Gasteiger partial charge in [0.05, 0.1) is 0 Å². The quantitative estimate of drug-likeness (QED) is 0.753. The number of hydrogen-bond acceptors (Lipinski definition) is 2. The van der Waals surface area contributed by atoms with Gasteiger partial charge >= 0.3 is 0 Å². The first-order valence-corrected chi connectivity index (χ1v) is 6.82. The highest BCUT2D eigenvalue weighted by Crippen LogP contribution is 2.23. The molecule has 0 bridgehead atoms. The predicted octanol–water partition coefficient (Wildman–Crippen LogP) is 3.09. The molecule has 0 aromatic heterocycles. The number of rotatable bonds is 2. The van der Waals surface area contributed by atoms with Crippen molar-refractivity contribution in [2.75, 3.05) is 0 Å². The van der Waals surface area contributed by atoms with E-state index in [0.717, 1.165) is 18.1 Å². The van der Waals surface area contributed by atoms with E-state index in [-0.39, 0.29) is 0 Å². The lowest BCUT2D eigenvalue weighted by molar-refractivity contribution is 0.0229. The van der Waals surface area contributed by atoms with E-state index >= 15 is 0 Å². The Hall–Kier alpha value is -0.0800. The van der Waals surface area contributed by atoms with Crippen LogP contribution < -0.4 is 5.43 Å². The van der Waals surface area contributed by atoms with Crippen molar-refractivity contribution in [2.24, 2.45) is 0 Å². The molecule has 88 valence electrons. The fourth-order valence-corrected chi connectivity index (χ4v) is 3.12. The maximum absolute atomic E-state index is 3.79. The predicted molar refractivity (Wildman–Crippen MR) is 64.6 cm³/mol. The molecule has 1 heterocycles. The van der Waals surface area contributed by atoms with Gasteiger partial charge in [-0.1, -0.05) is 25.7 Å². The molecule has 1 aliphatic carbocycles. The van der Waals surface area contributed by atoms with Crippen LogP contribution in [-0.4, -0.2) is 23.1 Å². The highest BCUT2D eigenvalue weighted by molar-refractivity contribution is 4.80. The molecule has 2 atom stereocenters. The summed E-state index contributed by atoms with van der Waals surface area (Å²) in [4.78, 5) is 0. The molecule has 15 heavy (non-hydrogen) atoms. The number of piperidine rings is 1. The van der Waals surface area contributed by atoms with E-state index in [4.69, 9.17) is 0 Å². The zero-order chi connectivity index (χ0) is 10.7. The van der Waals surface area contributed by atoms with Crippen molar-refractivity contribution >= 4 is 0 Å². The Labute approximate surface area is 94.4 Å². The normalized spacial score (nSPS) is 35.6. The van der Waals surface area contributed by atoms with Gasteiger partial charge in [0.1, 0.15) is 0 Å². The molecule has 1 saturated heterocycles. The van der Waals surface area contributed by atoms with E-state index in [1.54, 1.807) is 0 Å². The van der Waals surface area contributed by atoms with E-state index in [1.165, 1.54) is 51.4 Å². The summed E-state index contributed by atoms with van der Waals surface area (Å²) in [6.07, 6.45) is 11.2. The first kappa shape index (κ1) is 11.4. The van der Waals surface area contributed by atoms with Crippen LogP contribution in [-0.2, 0) is 0 Å². The van der Waals surface area contributed by atoms with E-state index in [1.807, 2.05) is 0 Å². The molecule has 2 nitrogen and oxygen atoms in total. The molecule has 0 radical (unpaired) electrons. The molecule has 2 aliphatic rings. The van der Waals surface area contributed by atoms with Gasteiger partial charge in [-0.2, -0.15) is 0 Å². The first-order chi connectivity index (χ1) is 7.27. The standard InChI is InChI=1S/C13H26N2/c1-11-7-6-8-12(2)15(11)14-13-9-4-3-5-10-13/h11-14H,3-10H2,1-2H3. The van der Waals surface area contributed by atoms with E-state index in [0.29, 0.717) is 0 Å². The molecule has 0 spiro atoms. The van der Waals surface area contributed by atoms with Crippen LogP contribution in [0, 0.1) is 0 Å². The number of hydrazine groups is 1. The summed E-state index contributed by atoms with van der Waals surface area (Å²) in [5, 5.41) is 2.54. The minimum atomic E-state index is 0.732. The van der Waals surface area contributed by atoms with Gasteiger partial charge in [-0.15, -0.1) is 0 Å². The lowest BCUT2D eigenvalue weighted by atomic mass is 9.95. The van der Waals surface area contributed by atoms with Crippen LogP contribution in [0.3, 0.4) is 0 Å². The fraction of sp³-hybridized carbons (Fsp3) is 1.00. The number of nitrogens with one attached hydrogen (secondary N) is 1. The summed E-state index contributed by atoms with van der Waals surface area (Å²) in [5.74, 6) is 0. The van der Waals surface area contributed by atoms with Gasteiger partial charge in [0.25, 0.3) is 0 Å². The third-order valence-corrected chi connectivity index (χ3v) is 4.13.